The van der Waals surface area contributed by atoms with E-state index in [0.29, 0.717) is 0 Å². The molecule has 1 aliphatic carbocycles. The number of hydrogen-bond acceptors (Lipinski definition) is 2. The monoisotopic (exact) mass is 230 g/mol. The van der Waals surface area contributed by atoms with Crippen LogP contribution in [0.3, 0.4) is 0 Å². The third-order valence-electron chi connectivity index (χ3n) is 3.45. The second kappa shape index (κ2) is 4.74. The van der Waals surface area contributed by atoms with Crippen molar-refractivity contribution in [3.63, 3.8) is 0 Å². The Balaban J connectivity index is 2.12. The first-order valence-corrected chi connectivity index (χ1v) is 6.03. The first-order valence-electron chi connectivity index (χ1n) is 6.03. The number of rotatable bonds is 2. The van der Waals surface area contributed by atoms with Crippen molar-refractivity contribution in [1.82, 2.24) is 0 Å². The van der Waals surface area contributed by atoms with Gasteiger partial charge in [0.05, 0.1) is 0 Å². The van der Waals surface area contributed by atoms with Crippen LogP contribution in [0.4, 0.5) is 0 Å². The van der Waals surface area contributed by atoms with E-state index in [1.54, 1.807) is 0 Å². The zero-order valence-electron chi connectivity index (χ0n) is 10.4. The van der Waals surface area contributed by atoms with Gasteiger partial charge in [-0.1, -0.05) is 37.3 Å². The summed E-state index contributed by atoms with van der Waals surface area (Å²) in [6.45, 7) is 3.72. The van der Waals surface area contributed by atoms with Gasteiger partial charge in [0.25, 0.3) is 0 Å². The molecule has 0 aromatic heterocycles. The molecule has 0 radical (unpaired) electrons. The van der Waals surface area contributed by atoms with Crippen molar-refractivity contribution in [2.75, 3.05) is 0 Å². The molecule has 2 rings (SSSR count). The summed E-state index contributed by atoms with van der Waals surface area (Å²) >= 11 is 0. The molecule has 0 spiro atoms. The van der Waals surface area contributed by atoms with Crippen molar-refractivity contribution in [2.45, 2.75) is 38.5 Å². The smallest absolute Gasteiger partial charge is 0.307 e. The summed E-state index contributed by atoms with van der Waals surface area (Å²) in [5.74, 6) is 0.602. The van der Waals surface area contributed by atoms with Gasteiger partial charge < -0.3 is 4.74 Å². The zero-order chi connectivity index (χ0) is 12.3. The number of allylic oxidation sites excluding steroid dienone is 2. The van der Waals surface area contributed by atoms with Crippen LogP contribution >= 0.6 is 0 Å². The minimum absolute atomic E-state index is 0.172. The van der Waals surface area contributed by atoms with E-state index in [1.165, 1.54) is 12.5 Å². The van der Waals surface area contributed by atoms with Gasteiger partial charge in [0.15, 0.2) is 0 Å². The molecule has 0 heterocycles. The Morgan fingerprint density at radius 2 is 2.00 bits per heavy atom. The van der Waals surface area contributed by atoms with Gasteiger partial charge in [-0.25, -0.2) is 0 Å². The number of carbonyl (C=O) groups excluding carboxylic acids is 1. The molecule has 1 unspecified atom stereocenters. The van der Waals surface area contributed by atoms with Gasteiger partial charge >= 0.3 is 5.97 Å². The minimum atomic E-state index is -0.223. The topological polar surface area (TPSA) is 26.3 Å². The maximum absolute atomic E-state index is 10.9. The molecule has 1 aromatic rings. The molecular formula is C15H18O2. The first kappa shape index (κ1) is 11.9. The van der Waals surface area contributed by atoms with Crippen molar-refractivity contribution in [3.05, 3.63) is 47.7 Å². The predicted octanol–water partition coefficient (Wildman–Crippen LogP) is 3.58. The van der Waals surface area contributed by atoms with Crippen molar-refractivity contribution in [1.29, 1.82) is 0 Å². The maximum Gasteiger partial charge on any atom is 0.307 e. The minimum Gasteiger partial charge on any atom is -0.432 e. The van der Waals surface area contributed by atoms with Crippen LogP contribution in [-0.4, -0.2) is 5.97 Å². The molecule has 1 aliphatic rings. The normalized spacial score (nSPS) is 24.0. The molecular weight excluding hydrogens is 212 g/mol. The highest BCUT2D eigenvalue weighted by Crippen LogP contribution is 2.38. The van der Waals surface area contributed by atoms with Gasteiger partial charge in [0.1, 0.15) is 5.76 Å². The van der Waals surface area contributed by atoms with E-state index in [-0.39, 0.29) is 11.4 Å². The molecule has 0 amide bonds. The molecule has 1 atom stereocenters. The van der Waals surface area contributed by atoms with E-state index in [2.05, 4.69) is 37.3 Å². The molecule has 0 fully saturated rings. The first-order chi connectivity index (χ1) is 8.10. The van der Waals surface area contributed by atoms with Crippen LogP contribution in [0.1, 0.15) is 38.7 Å². The second-order valence-corrected chi connectivity index (χ2v) is 4.89. The van der Waals surface area contributed by atoms with Crippen LogP contribution in [0.2, 0.25) is 0 Å². The van der Waals surface area contributed by atoms with Crippen LogP contribution in [0, 0.1) is 0 Å². The van der Waals surface area contributed by atoms with Gasteiger partial charge in [-0.3, -0.25) is 4.79 Å². The standard InChI is InChI=1S/C15H18O2/c1-12(16)17-14-8-10-15(2,11-9-14)13-6-4-3-5-7-13/h3-8H,9-11H2,1-2H3. The lowest BCUT2D eigenvalue weighted by Crippen LogP contribution is -2.24. The van der Waals surface area contributed by atoms with Crippen LogP contribution < -0.4 is 0 Å². The Kier molecular flexibility index (Phi) is 3.32. The molecule has 0 saturated carbocycles. The van der Waals surface area contributed by atoms with Crippen LogP contribution in [0.5, 0.6) is 0 Å². The molecule has 0 bridgehead atoms. The van der Waals surface area contributed by atoms with Crippen molar-refractivity contribution in [2.24, 2.45) is 0 Å². The van der Waals surface area contributed by atoms with Crippen molar-refractivity contribution in [3.8, 4) is 0 Å². The Hall–Kier alpha value is -1.57. The lowest BCUT2D eigenvalue weighted by atomic mass is 9.73. The van der Waals surface area contributed by atoms with E-state index in [4.69, 9.17) is 4.74 Å². The quantitative estimate of drug-likeness (QED) is 0.726. The summed E-state index contributed by atoms with van der Waals surface area (Å²) in [6.07, 6.45) is 4.85. The summed E-state index contributed by atoms with van der Waals surface area (Å²) in [6, 6.07) is 10.5. The molecule has 1 aromatic carbocycles. The fraction of sp³-hybridized carbons (Fsp3) is 0.400. The summed E-state index contributed by atoms with van der Waals surface area (Å²) in [5, 5.41) is 0. The van der Waals surface area contributed by atoms with Gasteiger partial charge in [-0.05, 0) is 29.9 Å². The Morgan fingerprint density at radius 1 is 1.29 bits per heavy atom. The number of hydrogen-bond donors (Lipinski definition) is 0. The summed E-state index contributed by atoms with van der Waals surface area (Å²) in [7, 11) is 0. The number of ether oxygens (including phenoxy) is 1. The van der Waals surface area contributed by atoms with Gasteiger partial charge in [-0.2, -0.15) is 0 Å². The lowest BCUT2D eigenvalue weighted by Gasteiger charge is -2.32. The molecule has 90 valence electrons. The van der Waals surface area contributed by atoms with Crippen molar-refractivity contribution >= 4 is 5.97 Å². The molecule has 2 nitrogen and oxygen atoms in total. The van der Waals surface area contributed by atoms with Crippen LogP contribution in [-0.2, 0) is 14.9 Å². The number of esters is 1. The fourth-order valence-corrected chi connectivity index (χ4v) is 2.32. The molecule has 0 N–H and O–H groups in total. The fourth-order valence-electron chi connectivity index (χ4n) is 2.32. The Morgan fingerprint density at radius 3 is 2.53 bits per heavy atom. The highest BCUT2D eigenvalue weighted by molar-refractivity contribution is 5.67. The lowest BCUT2D eigenvalue weighted by molar-refractivity contribution is -0.137. The summed E-state index contributed by atoms with van der Waals surface area (Å²) < 4.78 is 5.14. The summed E-state index contributed by atoms with van der Waals surface area (Å²) in [4.78, 5) is 10.9. The second-order valence-electron chi connectivity index (χ2n) is 4.89. The summed E-state index contributed by atoms with van der Waals surface area (Å²) in [5.41, 5.74) is 1.53. The zero-order valence-corrected chi connectivity index (χ0v) is 10.4. The average molecular weight is 230 g/mol. The highest BCUT2D eigenvalue weighted by Gasteiger charge is 2.29. The molecule has 17 heavy (non-hydrogen) atoms. The van der Waals surface area contributed by atoms with Crippen molar-refractivity contribution < 1.29 is 9.53 Å². The van der Waals surface area contributed by atoms with E-state index in [1.807, 2.05) is 6.07 Å². The third kappa shape index (κ3) is 2.76. The van der Waals surface area contributed by atoms with E-state index in [0.717, 1.165) is 25.0 Å². The van der Waals surface area contributed by atoms with Gasteiger partial charge in [0.2, 0.25) is 0 Å². The average Bonchev–Trinajstić information content (AvgIpc) is 2.33. The predicted molar refractivity (Wildman–Crippen MR) is 67.5 cm³/mol. The van der Waals surface area contributed by atoms with E-state index >= 15 is 0 Å². The number of benzene rings is 1. The molecule has 0 aliphatic heterocycles. The maximum atomic E-state index is 10.9. The van der Waals surface area contributed by atoms with Crippen LogP contribution in [0.25, 0.3) is 0 Å². The molecule has 0 saturated heterocycles. The third-order valence-corrected chi connectivity index (χ3v) is 3.45. The Bertz CT molecular complexity index is 433. The SMILES string of the molecule is CC(=O)OC1=CCC(C)(c2ccccc2)CC1. The van der Waals surface area contributed by atoms with E-state index in [9.17, 15) is 4.79 Å². The Labute approximate surface area is 102 Å². The number of carbonyl (C=O) groups is 1. The molecule has 2 heteroatoms. The van der Waals surface area contributed by atoms with Gasteiger partial charge in [-0.15, -0.1) is 0 Å². The van der Waals surface area contributed by atoms with Crippen LogP contribution in [0.15, 0.2) is 42.2 Å². The van der Waals surface area contributed by atoms with E-state index < -0.39 is 0 Å². The highest BCUT2D eigenvalue weighted by atomic mass is 16.5. The van der Waals surface area contributed by atoms with Gasteiger partial charge in [0, 0.05) is 13.3 Å². The largest absolute Gasteiger partial charge is 0.432 e.